The maximum absolute atomic E-state index is 14.0. The minimum atomic E-state index is -1.30. The molecule has 0 amide bonds. The van der Waals surface area contributed by atoms with E-state index in [0.29, 0.717) is 45.4 Å². The topological polar surface area (TPSA) is 146 Å². The number of hydrazine groups is 1. The van der Waals surface area contributed by atoms with Crippen molar-refractivity contribution in [1.29, 1.82) is 0 Å². The molecule has 4 rings (SSSR count). The lowest BCUT2D eigenvalue weighted by Crippen LogP contribution is -2.41. The van der Waals surface area contributed by atoms with Gasteiger partial charge in [0, 0.05) is 47.3 Å². The molecule has 4 aromatic rings. The van der Waals surface area contributed by atoms with Crippen molar-refractivity contribution < 1.29 is 43.1 Å². The highest BCUT2D eigenvalue weighted by Gasteiger charge is 2.22. The molecule has 0 saturated carbocycles. The van der Waals surface area contributed by atoms with Gasteiger partial charge >= 0.3 is 11.9 Å². The monoisotopic (exact) mass is 759 g/mol. The zero-order chi connectivity index (χ0) is 38.4. The van der Waals surface area contributed by atoms with Gasteiger partial charge in [-0.25, -0.2) is 23.4 Å². The van der Waals surface area contributed by atoms with Crippen LogP contribution in [0.1, 0.15) is 18.1 Å². The first-order valence-corrected chi connectivity index (χ1v) is 17.1. The van der Waals surface area contributed by atoms with Gasteiger partial charge in [-0.1, -0.05) is 78.6 Å². The lowest BCUT2D eigenvalue weighted by Gasteiger charge is -2.24. The van der Waals surface area contributed by atoms with Gasteiger partial charge in [-0.2, -0.15) is 0 Å². The molecule has 278 valence electrons. The standard InChI is InChI=1S/C19H22BClFNO4.C18H20ClFN2O3/c1-20(26)12-23(11-18(24)19(25)27-2)10-13-3-5-14(6-4-13)16-9-15(21)7-8-17(16)22;1-2-25-18(24)17(23)11-22(21)10-12-3-5-13(6-4-12)15-9-14(19)7-8-16(15)20/h3-9,18,24,26H,10-12H2,1-2H3;3-9,17,23H,2,10-11,21H2,1H3/t18-;17-/m11/s1. The number of nitrogens with two attached hydrogens (primary N) is 1. The Kier molecular flexibility index (Phi) is 17.1. The van der Waals surface area contributed by atoms with Gasteiger partial charge in [0.2, 0.25) is 0 Å². The van der Waals surface area contributed by atoms with E-state index in [0.717, 1.165) is 11.1 Å². The van der Waals surface area contributed by atoms with E-state index in [-0.39, 0.29) is 37.8 Å². The predicted molar refractivity (Wildman–Crippen MR) is 198 cm³/mol. The van der Waals surface area contributed by atoms with Crippen LogP contribution in [0.4, 0.5) is 8.78 Å². The van der Waals surface area contributed by atoms with Crippen LogP contribution in [-0.2, 0) is 32.2 Å². The lowest BCUT2D eigenvalue weighted by molar-refractivity contribution is -0.154. The number of carbonyl (C=O) groups excluding carboxylic acids is 2. The maximum Gasteiger partial charge on any atom is 0.336 e. The summed E-state index contributed by atoms with van der Waals surface area (Å²) < 4.78 is 37.1. The number of carbonyl (C=O) groups is 2. The molecule has 15 heteroatoms. The second-order valence-electron chi connectivity index (χ2n) is 11.9. The van der Waals surface area contributed by atoms with Gasteiger partial charge in [0.25, 0.3) is 6.92 Å². The molecule has 0 aliphatic carbocycles. The fraction of sp³-hybridized carbons (Fsp3) is 0.297. The number of methoxy groups -OCH3 is 1. The Morgan fingerprint density at radius 2 is 1.25 bits per heavy atom. The van der Waals surface area contributed by atoms with E-state index in [4.69, 9.17) is 33.8 Å². The summed E-state index contributed by atoms with van der Waals surface area (Å²) in [6.45, 7) is 3.55. The van der Waals surface area contributed by atoms with E-state index in [9.17, 15) is 33.6 Å². The van der Waals surface area contributed by atoms with Crippen molar-refractivity contribution in [3.8, 4) is 22.3 Å². The van der Waals surface area contributed by atoms with Crippen molar-refractivity contribution in [2.45, 2.75) is 39.0 Å². The molecule has 0 spiro atoms. The van der Waals surface area contributed by atoms with Crippen molar-refractivity contribution in [3.05, 3.63) is 118 Å². The number of nitrogens with zero attached hydrogens (tertiary/aromatic N) is 2. The maximum atomic E-state index is 14.0. The number of ether oxygens (including phenoxy) is 2. The molecule has 2 atom stereocenters. The van der Waals surface area contributed by atoms with Crippen LogP contribution >= 0.6 is 23.2 Å². The molecule has 0 saturated heterocycles. The average molecular weight is 760 g/mol. The molecule has 5 N–H and O–H groups in total. The summed E-state index contributed by atoms with van der Waals surface area (Å²) >= 11 is 11.9. The van der Waals surface area contributed by atoms with Crippen molar-refractivity contribution in [1.82, 2.24) is 9.91 Å². The molecule has 4 aromatic carbocycles. The summed E-state index contributed by atoms with van der Waals surface area (Å²) in [7, 11) is 1.21. The number of halogens is 4. The molecule has 0 heterocycles. The van der Waals surface area contributed by atoms with Crippen LogP contribution in [0.15, 0.2) is 84.9 Å². The number of esters is 2. The Bertz CT molecular complexity index is 1750. The zero-order valence-electron chi connectivity index (χ0n) is 29.0. The third-order valence-corrected chi connectivity index (χ3v) is 8.04. The Morgan fingerprint density at radius 3 is 1.69 bits per heavy atom. The molecule has 52 heavy (non-hydrogen) atoms. The first-order valence-electron chi connectivity index (χ1n) is 16.3. The second kappa shape index (κ2) is 21.0. The molecule has 10 nitrogen and oxygen atoms in total. The van der Waals surface area contributed by atoms with Crippen LogP contribution in [-0.4, -0.2) is 89.5 Å². The van der Waals surface area contributed by atoms with Crippen LogP contribution in [0, 0.1) is 11.6 Å². The molecule has 0 aliphatic rings. The fourth-order valence-corrected chi connectivity index (χ4v) is 5.49. The van der Waals surface area contributed by atoms with Crippen LogP contribution < -0.4 is 5.84 Å². The minimum Gasteiger partial charge on any atom is -0.467 e. The normalized spacial score (nSPS) is 12.2. The molecule has 0 radical (unpaired) electrons. The molecule has 0 aromatic heterocycles. The Balaban J connectivity index is 0.000000281. The van der Waals surface area contributed by atoms with Crippen molar-refractivity contribution >= 4 is 42.1 Å². The lowest BCUT2D eigenvalue weighted by atomic mass is 9.71. The molecule has 0 bridgehead atoms. The smallest absolute Gasteiger partial charge is 0.336 e. The number of hydrogen-bond donors (Lipinski definition) is 4. The Hall–Kier alpha value is -3.92. The third kappa shape index (κ3) is 13.6. The van der Waals surface area contributed by atoms with Gasteiger partial charge in [-0.3, -0.25) is 5.84 Å². The summed E-state index contributed by atoms with van der Waals surface area (Å²) in [5, 5.41) is 31.5. The largest absolute Gasteiger partial charge is 0.467 e. The summed E-state index contributed by atoms with van der Waals surface area (Å²) in [5.41, 5.74) is 3.95. The summed E-state index contributed by atoms with van der Waals surface area (Å²) in [6.07, 6.45) is -2.32. The van der Waals surface area contributed by atoms with Crippen LogP contribution in [0.25, 0.3) is 22.3 Å². The summed E-state index contributed by atoms with van der Waals surface area (Å²) in [4.78, 5) is 24.6. The van der Waals surface area contributed by atoms with E-state index in [2.05, 4.69) is 4.74 Å². The molecular formula is C37H42BCl2F2N3O7. The molecule has 0 aliphatic heterocycles. The zero-order valence-corrected chi connectivity index (χ0v) is 30.5. The fourth-order valence-electron chi connectivity index (χ4n) is 5.14. The molecule has 0 fully saturated rings. The SMILES string of the molecule is CCOC(=O)[C@H](O)CN(N)Cc1ccc(-c2cc(Cl)ccc2F)cc1.COC(=O)[C@H](O)CN(CB(C)O)Cc1ccc(-c2cc(Cl)ccc2F)cc1. The van der Waals surface area contributed by atoms with E-state index in [1.165, 1.54) is 36.4 Å². The first-order chi connectivity index (χ1) is 24.7. The third-order valence-electron chi connectivity index (χ3n) is 7.57. The highest BCUT2D eigenvalue weighted by atomic mass is 35.5. The van der Waals surface area contributed by atoms with Crippen molar-refractivity contribution in [3.63, 3.8) is 0 Å². The number of hydrogen-bond acceptors (Lipinski definition) is 10. The van der Waals surface area contributed by atoms with Crippen molar-refractivity contribution in [2.75, 3.05) is 33.3 Å². The molecule has 0 unspecified atom stereocenters. The van der Waals surface area contributed by atoms with E-state index in [1.807, 2.05) is 12.1 Å². The summed E-state index contributed by atoms with van der Waals surface area (Å²) in [6, 6.07) is 23.1. The number of benzene rings is 4. The van der Waals surface area contributed by atoms with Gasteiger partial charge in [0.1, 0.15) is 11.6 Å². The molecular weight excluding hydrogens is 718 g/mol. The van der Waals surface area contributed by atoms with Gasteiger partial charge in [0.05, 0.1) is 20.3 Å². The second-order valence-corrected chi connectivity index (χ2v) is 12.8. The van der Waals surface area contributed by atoms with Crippen LogP contribution in [0.3, 0.4) is 0 Å². The highest BCUT2D eigenvalue weighted by Crippen LogP contribution is 2.28. The number of rotatable bonds is 15. The van der Waals surface area contributed by atoms with Crippen LogP contribution in [0.5, 0.6) is 0 Å². The van der Waals surface area contributed by atoms with Gasteiger partial charge < -0.3 is 29.6 Å². The van der Waals surface area contributed by atoms with Crippen LogP contribution in [0.2, 0.25) is 16.9 Å². The van der Waals surface area contributed by atoms with Crippen molar-refractivity contribution in [2.24, 2.45) is 5.84 Å². The Morgan fingerprint density at radius 1 is 0.788 bits per heavy atom. The van der Waals surface area contributed by atoms with Gasteiger partial charge in [0.15, 0.2) is 12.2 Å². The summed E-state index contributed by atoms with van der Waals surface area (Å²) in [5.74, 6) is 3.68. The Labute approximate surface area is 312 Å². The minimum absolute atomic E-state index is 0.0300. The highest BCUT2D eigenvalue weighted by molar-refractivity contribution is 6.48. The number of aliphatic hydroxyl groups is 2. The van der Waals surface area contributed by atoms with E-state index < -0.39 is 31.1 Å². The van der Waals surface area contributed by atoms with Gasteiger partial charge in [-0.05, 0) is 65.6 Å². The van der Waals surface area contributed by atoms with E-state index >= 15 is 0 Å². The predicted octanol–water partition coefficient (Wildman–Crippen LogP) is 5.38. The number of aliphatic hydroxyl groups excluding tert-OH is 2. The quantitative estimate of drug-likeness (QED) is 0.0540. The van der Waals surface area contributed by atoms with E-state index in [1.54, 1.807) is 67.2 Å². The first kappa shape index (κ1) is 42.5. The average Bonchev–Trinajstić information content (AvgIpc) is 3.10. The van der Waals surface area contributed by atoms with Gasteiger partial charge in [-0.15, -0.1) is 0 Å².